The molecule has 0 unspecified atom stereocenters. The minimum atomic E-state index is -0.532. The van der Waals surface area contributed by atoms with Crippen LogP contribution in [0.15, 0.2) is 23.3 Å². The van der Waals surface area contributed by atoms with Gasteiger partial charge in [0.25, 0.3) is 5.91 Å². The molecule has 0 aliphatic heterocycles. The highest BCUT2D eigenvalue weighted by molar-refractivity contribution is 8.14. The Bertz CT molecular complexity index is 477. The van der Waals surface area contributed by atoms with Crippen LogP contribution in [-0.4, -0.2) is 33.7 Å². The van der Waals surface area contributed by atoms with E-state index in [1.54, 1.807) is 12.3 Å². The van der Waals surface area contributed by atoms with Gasteiger partial charge in [-0.2, -0.15) is 4.99 Å². The number of thioether (sulfide) groups is 1. The molecule has 0 fully saturated rings. The number of hydrogen-bond donors (Lipinski definition) is 5. The minimum absolute atomic E-state index is 0.123. The number of aromatic nitrogens is 1. The molecule has 1 rings (SSSR count). The number of imide groups is 1. The lowest BCUT2D eigenvalue weighted by Crippen LogP contribution is -2.32. The van der Waals surface area contributed by atoms with Gasteiger partial charge in [0.2, 0.25) is 5.91 Å². The normalized spacial score (nSPS) is 9.56. The summed E-state index contributed by atoms with van der Waals surface area (Å²) in [5.74, 6) is -1.44. The summed E-state index contributed by atoms with van der Waals surface area (Å²) in [5.41, 5.74) is 10.4. The molecule has 0 saturated carbocycles. The Morgan fingerprint density at radius 2 is 2.22 bits per heavy atom. The fourth-order valence-corrected chi connectivity index (χ4v) is 1.49. The fourth-order valence-electron chi connectivity index (χ4n) is 0.985. The molecule has 0 bridgehead atoms. The van der Waals surface area contributed by atoms with Crippen LogP contribution in [0, 0.1) is 5.41 Å². The average molecular weight is 268 g/mol. The van der Waals surface area contributed by atoms with Crippen LogP contribution in [0.3, 0.4) is 0 Å². The van der Waals surface area contributed by atoms with Crippen LogP contribution in [0.2, 0.25) is 0 Å². The molecular weight excluding hydrogens is 256 g/mol. The summed E-state index contributed by atoms with van der Waals surface area (Å²) in [6.45, 7) is 0. The molecular formula is C9H12N6O2S. The van der Waals surface area contributed by atoms with E-state index < -0.39 is 11.8 Å². The predicted octanol–water partition coefficient (Wildman–Crippen LogP) is -0.788. The van der Waals surface area contributed by atoms with Crippen molar-refractivity contribution in [2.45, 2.75) is 0 Å². The molecule has 0 spiro atoms. The largest absolute Gasteiger partial charge is 0.370 e. The van der Waals surface area contributed by atoms with Gasteiger partial charge in [0.1, 0.15) is 5.69 Å². The number of carbonyl (C=O) groups is 2. The summed E-state index contributed by atoms with van der Waals surface area (Å²) in [7, 11) is 0. The number of carbonyl (C=O) groups excluding carboxylic acids is 2. The van der Waals surface area contributed by atoms with E-state index in [1.807, 2.05) is 0 Å². The summed E-state index contributed by atoms with van der Waals surface area (Å²) in [4.78, 5) is 28.9. The second kappa shape index (κ2) is 6.45. The number of aromatic amines is 1. The molecule has 0 aliphatic rings. The molecule has 0 saturated heterocycles. The van der Waals surface area contributed by atoms with Gasteiger partial charge in [-0.05, 0) is 12.1 Å². The third-order valence-electron chi connectivity index (χ3n) is 1.67. The first-order chi connectivity index (χ1) is 8.49. The number of nitrogens with two attached hydrogens (primary N) is 2. The highest BCUT2D eigenvalue weighted by Gasteiger charge is 2.11. The van der Waals surface area contributed by atoms with E-state index in [4.69, 9.17) is 16.9 Å². The van der Waals surface area contributed by atoms with Gasteiger partial charge >= 0.3 is 0 Å². The van der Waals surface area contributed by atoms with E-state index in [1.165, 1.54) is 6.07 Å². The van der Waals surface area contributed by atoms with Crippen molar-refractivity contribution >= 4 is 34.7 Å². The zero-order valence-corrected chi connectivity index (χ0v) is 10.1. The third-order valence-corrected chi connectivity index (χ3v) is 2.44. The van der Waals surface area contributed by atoms with Crippen LogP contribution >= 0.6 is 11.8 Å². The zero-order chi connectivity index (χ0) is 13.5. The van der Waals surface area contributed by atoms with E-state index in [-0.39, 0.29) is 22.6 Å². The van der Waals surface area contributed by atoms with Crippen LogP contribution in [-0.2, 0) is 4.79 Å². The molecule has 0 atom stereocenters. The van der Waals surface area contributed by atoms with Crippen LogP contribution in [0.25, 0.3) is 0 Å². The highest BCUT2D eigenvalue weighted by atomic mass is 32.2. The van der Waals surface area contributed by atoms with Crippen molar-refractivity contribution in [3.8, 4) is 0 Å². The first-order valence-corrected chi connectivity index (χ1v) is 5.76. The average Bonchev–Trinajstić information content (AvgIpc) is 2.78. The topological polar surface area (TPSA) is 150 Å². The number of amides is 2. The number of hydrogen-bond acceptors (Lipinski definition) is 4. The number of guanidine groups is 1. The molecule has 1 aromatic heterocycles. The summed E-state index contributed by atoms with van der Waals surface area (Å²) in [6.07, 6.45) is 1.57. The molecule has 8 nitrogen and oxygen atoms in total. The summed E-state index contributed by atoms with van der Waals surface area (Å²) >= 11 is 0.813. The van der Waals surface area contributed by atoms with Crippen molar-refractivity contribution in [3.63, 3.8) is 0 Å². The SMILES string of the molecule is N=C(N=C(N)N)SCC(=O)NC(=O)c1ccc[nH]1. The first kappa shape index (κ1) is 13.8. The first-order valence-electron chi connectivity index (χ1n) is 4.77. The third kappa shape index (κ3) is 4.70. The van der Waals surface area contributed by atoms with Crippen molar-refractivity contribution in [3.05, 3.63) is 24.0 Å². The number of rotatable bonds is 3. The second-order valence-corrected chi connectivity index (χ2v) is 4.06. The van der Waals surface area contributed by atoms with Gasteiger partial charge in [-0.3, -0.25) is 20.3 Å². The Morgan fingerprint density at radius 1 is 1.50 bits per heavy atom. The summed E-state index contributed by atoms with van der Waals surface area (Å²) in [6, 6.07) is 3.18. The number of H-pyrrole nitrogens is 1. The molecule has 7 N–H and O–H groups in total. The van der Waals surface area contributed by atoms with Crippen molar-refractivity contribution in [1.82, 2.24) is 10.3 Å². The molecule has 0 aliphatic carbocycles. The van der Waals surface area contributed by atoms with Gasteiger partial charge in [-0.25, -0.2) is 0 Å². The molecule has 0 radical (unpaired) electrons. The van der Waals surface area contributed by atoms with Gasteiger partial charge in [0.05, 0.1) is 5.75 Å². The Morgan fingerprint density at radius 3 is 2.78 bits per heavy atom. The number of nitrogens with zero attached hydrogens (tertiary/aromatic N) is 1. The smallest absolute Gasteiger partial charge is 0.274 e. The fraction of sp³-hybridized carbons (Fsp3) is 0.111. The standard InChI is InChI=1S/C9H12N6O2S/c10-8(11)15-9(12)18-4-6(16)14-7(17)5-2-1-3-13-5/h1-3,13H,4H2,(H,14,16,17)(H5,10,11,12,15). The van der Waals surface area contributed by atoms with Gasteiger partial charge in [0.15, 0.2) is 11.1 Å². The van der Waals surface area contributed by atoms with Crippen molar-refractivity contribution < 1.29 is 9.59 Å². The Balaban J connectivity index is 2.37. The lowest BCUT2D eigenvalue weighted by Gasteiger charge is -2.01. The molecule has 9 heteroatoms. The maximum atomic E-state index is 11.4. The molecule has 18 heavy (non-hydrogen) atoms. The highest BCUT2D eigenvalue weighted by Crippen LogP contribution is 2.03. The maximum absolute atomic E-state index is 11.4. The van der Waals surface area contributed by atoms with E-state index in [9.17, 15) is 9.59 Å². The van der Waals surface area contributed by atoms with Crippen molar-refractivity contribution in [2.75, 3.05) is 5.75 Å². The van der Waals surface area contributed by atoms with Crippen molar-refractivity contribution in [1.29, 1.82) is 5.41 Å². The Labute approximate surface area is 107 Å². The maximum Gasteiger partial charge on any atom is 0.274 e. The minimum Gasteiger partial charge on any atom is -0.370 e. The Kier molecular flexibility index (Phi) is 4.93. The van der Waals surface area contributed by atoms with Gasteiger partial charge in [-0.15, -0.1) is 0 Å². The van der Waals surface area contributed by atoms with E-state index in [2.05, 4.69) is 15.3 Å². The van der Waals surface area contributed by atoms with E-state index in [0.29, 0.717) is 0 Å². The summed E-state index contributed by atoms with van der Waals surface area (Å²) < 4.78 is 0. The van der Waals surface area contributed by atoms with E-state index >= 15 is 0 Å². The quantitative estimate of drug-likeness (QED) is 0.359. The summed E-state index contributed by atoms with van der Waals surface area (Å²) in [5, 5.41) is 9.24. The molecule has 96 valence electrons. The van der Waals surface area contributed by atoms with Gasteiger partial charge < -0.3 is 16.5 Å². The van der Waals surface area contributed by atoms with Crippen LogP contribution in [0.5, 0.6) is 0 Å². The predicted molar refractivity (Wildman–Crippen MR) is 69.3 cm³/mol. The molecule has 1 aromatic rings. The van der Waals surface area contributed by atoms with Crippen LogP contribution < -0.4 is 16.8 Å². The lowest BCUT2D eigenvalue weighted by atomic mass is 10.4. The number of aliphatic imine (C=N–C) groups is 1. The van der Waals surface area contributed by atoms with Gasteiger partial charge in [-0.1, -0.05) is 11.8 Å². The van der Waals surface area contributed by atoms with Crippen molar-refractivity contribution in [2.24, 2.45) is 16.5 Å². The number of amidine groups is 1. The molecule has 0 aromatic carbocycles. The molecule has 2 amide bonds. The monoisotopic (exact) mass is 268 g/mol. The zero-order valence-electron chi connectivity index (χ0n) is 9.27. The van der Waals surface area contributed by atoms with Crippen LogP contribution in [0.4, 0.5) is 0 Å². The van der Waals surface area contributed by atoms with Gasteiger partial charge in [0, 0.05) is 6.20 Å². The van der Waals surface area contributed by atoms with E-state index in [0.717, 1.165) is 11.8 Å². The Hall–Kier alpha value is -2.29. The second-order valence-electron chi connectivity index (χ2n) is 3.09. The number of nitrogens with one attached hydrogen (secondary N) is 3. The lowest BCUT2D eigenvalue weighted by molar-refractivity contribution is -0.117. The van der Waals surface area contributed by atoms with Crippen LogP contribution in [0.1, 0.15) is 10.5 Å². The molecule has 1 heterocycles.